The number of hydrogen-bond donors (Lipinski definition) is 1. The second kappa shape index (κ2) is 4.77. The SMILES string of the molecule is Cc1n[nH]c(C)c1CCN1CCOCC1. The molecule has 1 aromatic rings. The van der Waals surface area contributed by atoms with Crippen molar-refractivity contribution in [3.63, 3.8) is 0 Å². The van der Waals surface area contributed by atoms with Gasteiger partial charge in [-0.05, 0) is 25.8 Å². The van der Waals surface area contributed by atoms with E-state index in [0.717, 1.165) is 45.0 Å². The fraction of sp³-hybridized carbons (Fsp3) is 0.727. The molecule has 0 bridgehead atoms. The van der Waals surface area contributed by atoms with E-state index in [-0.39, 0.29) is 0 Å². The largest absolute Gasteiger partial charge is 0.379 e. The summed E-state index contributed by atoms with van der Waals surface area (Å²) in [5, 5.41) is 7.24. The highest BCUT2D eigenvalue weighted by molar-refractivity contribution is 5.23. The molecule has 2 heterocycles. The van der Waals surface area contributed by atoms with Gasteiger partial charge in [-0.1, -0.05) is 0 Å². The van der Waals surface area contributed by atoms with Gasteiger partial charge in [-0.25, -0.2) is 0 Å². The van der Waals surface area contributed by atoms with E-state index in [0.29, 0.717) is 0 Å². The molecule has 0 amide bonds. The Morgan fingerprint density at radius 2 is 2.07 bits per heavy atom. The van der Waals surface area contributed by atoms with E-state index in [1.165, 1.54) is 11.3 Å². The van der Waals surface area contributed by atoms with Gasteiger partial charge in [0, 0.05) is 25.3 Å². The van der Waals surface area contributed by atoms with Crippen molar-refractivity contribution in [2.75, 3.05) is 32.8 Å². The van der Waals surface area contributed by atoms with Gasteiger partial charge in [-0.15, -0.1) is 0 Å². The number of H-pyrrole nitrogens is 1. The first kappa shape index (κ1) is 10.6. The van der Waals surface area contributed by atoms with E-state index in [4.69, 9.17) is 4.74 Å². The molecular formula is C11H19N3O. The Balaban J connectivity index is 1.87. The maximum atomic E-state index is 5.32. The fourth-order valence-corrected chi connectivity index (χ4v) is 2.04. The van der Waals surface area contributed by atoms with Crippen molar-refractivity contribution in [2.45, 2.75) is 20.3 Å². The third kappa shape index (κ3) is 2.58. The van der Waals surface area contributed by atoms with Crippen molar-refractivity contribution in [1.29, 1.82) is 0 Å². The molecule has 1 saturated heterocycles. The average Bonchev–Trinajstić information content (AvgIpc) is 2.58. The molecule has 2 rings (SSSR count). The lowest BCUT2D eigenvalue weighted by Gasteiger charge is -2.26. The first-order valence-corrected chi connectivity index (χ1v) is 5.58. The third-order valence-electron chi connectivity index (χ3n) is 3.06. The third-order valence-corrected chi connectivity index (χ3v) is 3.06. The molecule has 0 saturated carbocycles. The number of aromatic amines is 1. The molecular weight excluding hydrogens is 190 g/mol. The van der Waals surface area contributed by atoms with Crippen molar-refractivity contribution in [3.8, 4) is 0 Å². The van der Waals surface area contributed by atoms with Crippen LogP contribution in [0.4, 0.5) is 0 Å². The van der Waals surface area contributed by atoms with Gasteiger partial charge in [0.1, 0.15) is 0 Å². The van der Waals surface area contributed by atoms with E-state index in [9.17, 15) is 0 Å². The molecule has 4 nitrogen and oxygen atoms in total. The minimum Gasteiger partial charge on any atom is -0.379 e. The predicted molar refractivity (Wildman–Crippen MR) is 59.0 cm³/mol. The lowest BCUT2D eigenvalue weighted by atomic mass is 10.1. The molecule has 1 aliphatic heterocycles. The van der Waals surface area contributed by atoms with Crippen molar-refractivity contribution in [3.05, 3.63) is 17.0 Å². The smallest absolute Gasteiger partial charge is 0.0626 e. The molecule has 0 aliphatic carbocycles. The summed E-state index contributed by atoms with van der Waals surface area (Å²) >= 11 is 0. The van der Waals surface area contributed by atoms with Gasteiger partial charge in [0.15, 0.2) is 0 Å². The Morgan fingerprint density at radius 1 is 1.33 bits per heavy atom. The number of ether oxygens (including phenoxy) is 1. The highest BCUT2D eigenvalue weighted by Crippen LogP contribution is 2.11. The Morgan fingerprint density at radius 3 is 2.67 bits per heavy atom. The van der Waals surface area contributed by atoms with Crippen LogP contribution in [0.2, 0.25) is 0 Å². The summed E-state index contributed by atoms with van der Waals surface area (Å²) in [6, 6.07) is 0. The molecule has 1 aromatic heterocycles. The maximum absolute atomic E-state index is 5.32. The molecule has 4 heteroatoms. The lowest BCUT2D eigenvalue weighted by molar-refractivity contribution is 0.0384. The van der Waals surface area contributed by atoms with Crippen LogP contribution in [0, 0.1) is 13.8 Å². The van der Waals surface area contributed by atoms with Gasteiger partial charge in [-0.2, -0.15) is 5.10 Å². The van der Waals surface area contributed by atoms with Crippen LogP contribution in [0.3, 0.4) is 0 Å². The summed E-state index contributed by atoms with van der Waals surface area (Å²) in [5.41, 5.74) is 3.73. The van der Waals surface area contributed by atoms with Crippen molar-refractivity contribution in [2.24, 2.45) is 0 Å². The predicted octanol–water partition coefficient (Wildman–Crippen LogP) is 0.901. The zero-order valence-electron chi connectivity index (χ0n) is 9.55. The van der Waals surface area contributed by atoms with Crippen LogP contribution in [-0.4, -0.2) is 47.9 Å². The van der Waals surface area contributed by atoms with Gasteiger partial charge in [-0.3, -0.25) is 10.00 Å². The maximum Gasteiger partial charge on any atom is 0.0626 e. The first-order valence-electron chi connectivity index (χ1n) is 5.58. The van der Waals surface area contributed by atoms with Crippen LogP contribution < -0.4 is 0 Å². The van der Waals surface area contributed by atoms with E-state index in [1.807, 2.05) is 0 Å². The summed E-state index contributed by atoms with van der Waals surface area (Å²) in [7, 11) is 0. The Labute approximate surface area is 90.6 Å². The van der Waals surface area contributed by atoms with E-state index in [2.05, 4.69) is 28.9 Å². The fourth-order valence-electron chi connectivity index (χ4n) is 2.04. The van der Waals surface area contributed by atoms with E-state index < -0.39 is 0 Å². The van der Waals surface area contributed by atoms with Crippen LogP contribution in [-0.2, 0) is 11.2 Å². The molecule has 0 atom stereocenters. The summed E-state index contributed by atoms with van der Waals surface area (Å²) in [4.78, 5) is 2.45. The summed E-state index contributed by atoms with van der Waals surface area (Å²) in [6.45, 7) is 9.16. The Bertz CT molecular complexity index is 296. The van der Waals surface area contributed by atoms with E-state index in [1.54, 1.807) is 0 Å². The van der Waals surface area contributed by atoms with Gasteiger partial charge in [0.25, 0.3) is 0 Å². The normalized spacial score (nSPS) is 18.3. The Hall–Kier alpha value is -0.870. The first-order chi connectivity index (χ1) is 7.27. The molecule has 1 N–H and O–H groups in total. The molecule has 0 spiro atoms. The van der Waals surface area contributed by atoms with Gasteiger partial charge >= 0.3 is 0 Å². The number of rotatable bonds is 3. The highest BCUT2D eigenvalue weighted by atomic mass is 16.5. The molecule has 1 aliphatic rings. The van der Waals surface area contributed by atoms with Gasteiger partial charge in [0.05, 0.1) is 18.9 Å². The number of nitrogens with one attached hydrogen (secondary N) is 1. The summed E-state index contributed by atoms with van der Waals surface area (Å²) in [5.74, 6) is 0. The monoisotopic (exact) mass is 209 g/mol. The van der Waals surface area contributed by atoms with E-state index >= 15 is 0 Å². The molecule has 84 valence electrons. The standard InChI is InChI=1S/C11H19N3O/c1-9-11(10(2)13-12-9)3-4-14-5-7-15-8-6-14/h3-8H2,1-2H3,(H,12,13). The lowest BCUT2D eigenvalue weighted by Crippen LogP contribution is -2.37. The number of aryl methyl sites for hydroxylation is 2. The van der Waals surface area contributed by atoms with Crippen molar-refractivity contribution < 1.29 is 4.74 Å². The number of hydrogen-bond acceptors (Lipinski definition) is 3. The summed E-state index contributed by atoms with van der Waals surface area (Å²) in [6.07, 6.45) is 1.09. The number of aromatic nitrogens is 2. The Kier molecular flexibility index (Phi) is 3.38. The topological polar surface area (TPSA) is 41.2 Å². The summed E-state index contributed by atoms with van der Waals surface area (Å²) < 4.78 is 5.32. The zero-order chi connectivity index (χ0) is 10.7. The minimum atomic E-state index is 0.878. The molecule has 0 radical (unpaired) electrons. The van der Waals surface area contributed by atoms with Crippen LogP contribution in [0.15, 0.2) is 0 Å². The molecule has 1 fully saturated rings. The second-order valence-electron chi connectivity index (χ2n) is 4.12. The van der Waals surface area contributed by atoms with Gasteiger partial charge < -0.3 is 4.74 Å². The number of nitrogens with zero attached hydrogens (tertiary/aromatic N) is 2. The molecule has 0 aromatic carbocycles. The van der Waals surface area contributed by atoms with Crippen molar-refractivity contribution >= 4 is 0 Å². The van der Waals surface area contributed by atoms with Crippen molar-refractivity contribution in [1.82, 2.24) is 15.1 Å². The van der Waals surface area contributed by atoms with Gasteiger partial charge in [0.2, 0.25) is 0 Å². The zero-order valence-corrected chi connectivity index (χ0v) is 9.55. The van der Waals surface area contributed by atoms with Crippen LogP contribution in [0.5, 0.6) is 0 Å². The average molecular weight is 209 g/mol. The minimum absolute atomic E-state index is 0.878. The van der Waals surface area contributed by atoms with Crippen LogP contribution in [0.1, 0.15) is 17.0 Å². The van der Waals surface area contributed by atoms with Crippen LogP contribution in [0.25, 0.3) is 0 Å². The molecule has 15 heavy (non-hydrogen) atoms. The second-order valence-corrected chi connectivity index (χ2v) is 4.12. The van der Waals surface area contributed by atoms with Crippen LogP contribution >= 0.6 is 0 Å². The number of morpholine rings is 1. The highest BCUT2D eigenvalue weighted by Gasteiger charge is 2.12. The molecule has 0 unspecified atom stereocenters. The quantitative estimate of drug-likeness (QED) is 0.804.